The number of carbonyl (C=O) groups excluding carboxylic acids is 2. The Morgan fingerprint density at radius 3 is 2.95 bits per heavy atom. The van der Waals surface area contributed by atoms with Gasteiger partial charge in [-0.15, -0.1) is 11.8 Å². The minimum absolute atomic E-state index is 0.0558. The van der Waals surface area contributed by atoms with Crippen molar-refractivity contribution in [1.82, 2.24) is 0 Å². The molecule has 0 saturated heterocycles. The molecule has 0 aromatic heterocycles. The molecular formula is C16H16ClFO3S. The van der Waals surface area contributed by atoms with Crippen LogP contribution < -0.4 is 0 Å². The molecule has 0 heterocycles. The second-order valence-corrected chi connectivity index (χ2v) is 6.46. The Balaban J connectivity index is 2.08. The first-order valence-corrected chi connectivity index (χ1v) is 8.41. The van der Waals surface area contributed by atoms with Gasteiger partial charge in [0.1, 0.15) is 5.82 Å². The van der Waals surface area contributed by atoms with Gasteiger partial charge in [-0.3, -0.25) is 4.79 Å². The van der Waals surface area contributed by atoms with Crippen LogP contribution in [-0.2, 0) is 20.1 Å². The van der Waals surface area contributed by atoms with E-state index < -0.39 is 5.97 Å². The first-order valence-electron chi connectivity index (χ1n) is 6.98. The predicted octanol–water partition coefficient (Wildman–Crippen LogP) is 3.93. The van der Waals surface area contributed by atoms with Crippen molar-refractivity contribution >= 4 is 35.1 Å². The molecule has 0 saturated carbocycles. The van der Waals surface area contributed by atoms with Crippen LogP contribution in [0.15, 0.2) is 29.8 Å². The third-order valence-electron chi connectivity index (χ3n) is 3.28. The monoisotopic (exact) mass is 342 g/mol. The maximum absolute atomic E-state index is 13.0. The van der Waals surface area contributed by atoms with Crippen LogP contribution in [0, 0.1) is 5.82 Å². The molecule has 1 aliphatic carbocycles. The largest absolute Gasteiger partial charge is 0.463 e. The van der Waals surface area contributed by atoms with Gasteiger partial charge in [-0.2, -0.15) is 0 Å². The summed E-state index contributed by atoms with van der Waals surface area (Å²) in [5.74, 6) is -0.346. The predicted molar refractivity (Wildman–Crippen MR) is 85.5 cm³/mol. The highest BCUT2D eigenvalue weighted by molar-refractivity contribution is 7.99. The van der Waals surface area contributed by atoms with E-state index in [1.54, 1.807) is 13.0 Å². The average Bonchev–Trinajstić information content (AvgIpc) is 2.47. The van der Waals surface area contributed by atoms with Crippen molar-refractivity contribution in [3.63, 3.8) is 0 Å². The highest BCUT2D eigenvalue weighted by atomic mass is 35.5. The van der Waals surface area contributed by atoms with Crippen molar-refractivity contribution in [2.75, 3.05) is 6.61 Å². The molecule has 0 spiro atoms. The zero-order chi connectivity index (χ0) is 16.1. The second-order valence-electron chi connectivity index (χ2n) is 4.86. The fraction of sp³-hybridized carbons (Fsp3) is 0.375. The molecule has 0 radical (unpaired) electrons. The molecule has 1 aromatic carbocycles. The van der Waals surface area contributed by atoms with E-state index in [4.69, 9.17) is 16.3 Å². The molecule has 22 heavy (non-hydrogen) atoms. The summed E-state index contributed by atoms with van der Waals surface area (Å²) in [7, 11) is 0. The molecule has 0 fully saturated rings. The molecule has 1 atom stereocenters. The minimum Gasteiger partial charge on any atom is -0.463 e. The molecule has 0 N–H and O–H groups in total. The summed E-state index contributed by atoms with van der Waals surface area (Å²) in [5, 5.41) is 0.249. The number of halogens is 2. The van der Waals surface area contributed by atoms with Crippen LogP contribution >= 0.6 is 23.4 Å². The number of carbonyl (C=O) groups is 2. The molecule has 0 bridgehead atoms. The number of esters is 1. The number of rotatable bonds is 5. The lowest BCUT2D eigenvalue weighted by Crippen LogP contribution is -2.24. The molecule has 118 valence electrons. The molecular weight excluding hydrogens is 327 g/mol. The van der Waals surface area contributed by atoms with Crippen molar-refractivity contribution in [2.45, 2.75) is 30.8 Å². The minimum atomic E-state index is -0.446. The van der Waals surface area contributed by atoms with Gasteiger partial charge in [-0.1, -0.05) is 17.7 Å². The van der Waals surface area contributed by atoms with Crippen LogP contribution in [0.3, 0.4) is 0 Å². The summed E-state index contributed by atoms with van der Waals surface area (Å²) >= 11 is 7.51. The summed E-state index contributed by atoms with van der Waals surface area (Å²) in [6.45, 7) is 2.00. The summed E-state index contributed by atoms with van der Waals surface area (Å²) in [5.41, 5.74) is 1.20. The van der Waals surface area contributed by atoms with Crippen molar-refractivity contribution in [3.8, 4) is 0 Å². The van der Waals surface area contributed by atoms with E-state index in [2.05, 4.69) is 0 Å². The summed E-state index contributed by atoms with van der Waals surface area (Å²) in [4.78, 5) is 23.5. The lowest BCUT2D eigenvalue weighted by molar-refractivity contribution is -0.139. The standard InChI is InChI=1S/C16H16ClFO3S/c1-2-21-16(20)13-8-12(19)5-6-15(13)22-9-10-3-4-11(18)7-14(10)17/h3-4,7-8,15H,2,5-6,9H2,1H3. The number of benzene rings is 1. The smallest absolute Gasteiger partial charge is 0.335 e. The molecule has 6 heteroatoms. The summed E-state index contributed by atoms with van der Waals surface area (Å²) in [6.07, 6.45) is 2.39. The van der Waals surface area contributed by atoms with E-state index in [9.17, 15) is 14.0 Å². The number of ketones is 1. The molecule has 1 aliphatic rings. The molecule has 1 aromatic rings. The number of hydrogen-bond donors (Lipinski definition) is 0. The van der Waals surface area contributed by atoms with Crippen LogP contribution in [-0.4, -0.2) is 23.6 Å². The van der Waals surface area contributed by atoms with Crippen LogP contribution in [0.2, 0.25) is 5.02 Å². The number of allylic oxidation sites excluding steroid dienone is 1. The highest BCUT2D eigenvalue weighted by Gasteiger charge is 2.28. The summed E-state index contributed by atoms with van der Waals surface area (Å²) < 4.78 is 18.0. The molecule has 0 aliphatic heterocycles. The SMILES string of the molecule is CCOC(=O)C1=CC(=O)CCC1SCc1ccc(F)cc1Cl. The zero-order valence-corrected chi connectivity index (χ0v) is 13.7. The quantitative estimate of drug-likeness (QED) is 0.760. The number of hydrogen-bond acceptors (Lipinski definition) is 4. The number of thioether (sulfide) groups is 1. The van der Waals surface area contributed by atoms with Gasteiger partial charge in [-0.05, 0) is 37.1 Å². The molecule has 2 rings (SSSR count). The van der Waals surface area contributed by atoms with Gasteiger partial charge in [0, 0.05) is 22.4 Å². The number of ether oxygens (including phenoxy) is 1. The Morgan fingerprint density at radius 1 is 1.50 bits per heavy atom. The Labute approximate surface area is 137 Å². The van der Waals surface area contributed by atoms with Crippen molar-refractivity contribution in [1.29, 1.82) is 0 Å². The fourth-order valence-electron chi connectivity index (χ4n) is 2.17. The second kappa shape index (κ2) is 7.79. The highest BCUT2D eigenvalue weighted by Crippen LogP contribution is 2.33. The van der Waals surface area contributed by atoms with E-state index in [-0.39, 0.29) is 23.5 Å². The van der Waals surface area contributed by atoms with E-state index in [1.807, 2.05) is 0 Å². The summed E-state index contributed by atoms with van der Waals surface area (Å²) in [6, 6.07) is 4.25. The molecule has 1 unspecified atom stereocenters. The Bertz CT molecular complexity index is 615. The van der Waals surface area contributed by atoms with Gasteiger partial charge in [0.25, 0.3) is 0 Å². The van der Waals surface area contributed by atoms with Crippen molar-refractivity contribution in [3.05, 3.63) is 46.3 Å². The van der Waals surface area contributed by atoms with Gasteiger partial charge in [0.05, 0.1) is 12.2 Å². The average molecular weight is 343 g/mol. The zero-order valence-electron chi connectivity index (χ0n) is 12.1. The van der Waals surface area contributed by atoms with Crippen LogP contribution in [0.25, 0.3) is 0 Å². The van der Waals surface area contributed by atoms with E-state index >= 15 is 0 Å². The Kier molecular flexibility index (Phi) is 6.03. The topological polar surface area (TPSA) is 43.4 Å². The lowest BCUT2D eigenvalue weighted by Gasteiger charge is -2.22. The van der Waals surface area contributed by atoms with Crippen LogP contribution in [0.4, 0.5) is 4.39 Å². The van der Waals surface area contributed by atoms with Crippen LogP contribution in [0.5, 0.6) is 0 Å². The van der Waals surface area contributed by atoms with Gasteiger partial charge < -0.3 is 4.74 Å². The maximum Gasteiger partial charge on any atom is 0.335 e. The molecule has 3 nitrogen and oxygen atoms in total. The maximum atomic E-state index is 13.0. The van der Waals surface area contributed by atoms with Gasteiger partial charge in [0.15, 0.2) is 5.78 Å². The third kappa shape index (κ3) is 4.34. The van der Waals surface area contributed by atoms with E-state index in [1.165, 1.54) is 30.0 Å². The van der Waals surface area contributed by atoms with Crippen molar-refractivity contribution in [2.24, 2.45) is 0 Å². The third-order valence-corrected chi connectivity index (χ3v) is 5.00. The molecule has 0 amide bonds. The van der Waals surface area contributed by atoms with E-state index in [0.717, 1.165) is 5.56 Å². The van der Waals surface area contributed by atoms with Gasteiger partial charge in [0.2, 0.25) is 0 Å². The van der Waals surface area contributed by atoms with Gasteiger partial charge >= 0.3 is 5.97 Å². The first-order chi connectivity index (χ1) is 10.5. The van der Waals surface area contributed by atoms with E-state index in [0.29, 0.717) is 29.2 Å². The fourth-order valence-corrected chi connectivity index (χ4v) is 3.75. The van der Waals surface area contributed by atoms with Gasteiger partial charge in [-0.25, -0.2) is 9.18 Å². The lowest BCUT2D eigenvalue weighted by atomic mass is 9.98. The normalized spacial score (nSPS) is 18.0. The first kappa shape index (κ1) is 17.0. The van der Waals surface area contributed by atoms with Crippen LogP contribution in [0.1, 0.15) is 25.3 Å². The Morgan fingerprint density at radius 2 is 2.27 bits per heavy atom. The van der Waals surface area contributed by atoms with Crippen molar-refractivity contribution < 1.29 is 18.7 Å². The Hall–Kier alpha value is -1.33.